The Kier molecular flexibility index (Phi) is 3.11. The molecule has 0 N–H and O–H groups in total. The first-order valence-corrected chi connectivity index (χ1v) is 7.35. The van der Waals surface area contributed by atoms with Gasteiger partial charge in [0.2, 0.25) is 0 Å². The van der Waals surface area contributed by atoms with Crippen LogP contribution in [0.2, 0.25) is 0 Å². The van der Waals surface area contributed by atoms with E-state index < -0.39 is 9.84 Å². The van der Waals surface area contributed by atoms with Crippen LogP contribution < -0.4 is 0 Å². The highest BCUT2D eigenvalue weighted by molar-refractivity contribution is 7.91. The van der Waals surface area contributed by atoms with E-state index in [0.29, 0.717) is 18.7 Å². The highest BCUT2D eigenvalue weighted by Gasteiger charge is 2.31. The molecule has 0 spiro atoms. The summed E-state index contributed by atoms with van der Waals surface area (Å²) in [5.74, 6) is 0.829. The third-order valence-electron chi connectivity index (χ3n) is 3.24. The van der Waals surface area contributed by atoms with Crippen LogP contribution in [0.15, 0.2) is 0 Å². The first kappa shape index (κ1) is 11.1. The molecule has 1 unspecified atom stereocenters. The fourth-order valence-corrected chi connectivity index (χ4v) is 4.20. The van der Waals surface area contributed by atoms with Crippen molar-refractivity contribution in [1.29, 1.82) is 0 Å². The van der Waals surface area contributed by atoms with E-state index in [1.807, 2.05) is 0 Å². The molecule has 86 valence electrons. The first-order valence-electron chi connectivity index (χ1n) is 5.53. The fourth-order valence-electron chi connectivity index (χ4n) is 2.46. The van der Waals surface area contributed by atoms with Crippen LogP contribution in [0.1, 0.15) is 25.7 Å². The van der Waals surface area contributed by atoms with Gasteiger partial charge in [0.1, 0.15) is 5.78 Å². The van der Waals surface area contributed by atoms with Gasteiger partial charge in [-0.3, -0.25) is 9.69 Å². The molecule has 0 amide bonds. The summed E-state index contributed by atoms with van der Waals surface area (Å²) in [4.78, 5) is 13.3. The molecule has 5 heteroatoms. The number of Topliss-reactive ketones (excluding diaryl/α,β-unsaturated/α-hetero) is 1. The van der Waals surface area contributed by atoms with Crippen LogP contribution in [-0.2, 0) is 14.6 Å². The minimum absolute atomic E-state index is 0.0907. The number of hydrogen-bond acceptors (Lipinski definition) is 4. The van der Waals surface area contributed by atoms with Crippen molar-refractivity contribution in [2.45, 2.75) is 31.7 Å². The van der Waals surface area contributed by atoms with Crippen molar-refractivity contribution in [3.63, 3.8) is 0 Å². The lowest BCUT2D eigenvalue weighted by atomic mass is 10.1. The maximum atomic E-state index is 11.5. The van der Waals surface area contributed by atoms with Crippen molar-refractivity contribution in [1.82, 2.24) is 4.90 Å². The lowest BCUT2D eigenvalue weighted by Crippen LogP contribution is -2.48. The van der Waals surface area contributed by atoms with Crippen molar-refractivity contribution in [2.24, 2.45) is 0 Å². The zero-order valence-corrected chi connectivity index (χ0v) is 9.63. The Morgan fingerprint density at radius 3 is 2.73 bits per heavy atom. The van der Waals surface area contributed by atoms with Crippen LogP contribution in [0, 0.1) is 0 Å². The van der Waals surface area contributed by atoms with E-state index in [1.165, 1.54) is 0 Å². The van der Waals surface area contributed by atoms with Gasteiger partial charge in [-0.15, -0.1) is 0 Å². The number of carbonyl (C=O) groups excluding carboxylic acids is 1. The number of carbonyl (C=O) groups is 1. The molecule has 0 aromatic heterocycles. The van der Waals surface area contributed by atoms with Gasteiger partial charge in [-0.2, -0.15) is 0 Å². The van der Waals surface area contributed by atoms with Gasteiger partial charge in [0.15, 0.2) is 9.84 Å². The molecule has 2 rings (SSSR count). The third-order valence-corrected chi connectivity index (χ3v) is 5.04. The van der Waals surface area contributed by atoms with E-state index in [0.717, 1.165) is 25.8 Å². The Morgan fingerprint density at radius 1 is 1.27 bits per heavy atom. The normalized spacial score (nSPS) is 32.8. The van der Waals surface area contributed by atoms with Gasteiger partial charge in [0, 0.05) is 12.5 Å². The number of hydrogen-bond donors (Lipinski definition) is 0. The summed E-state index contributed by atoms with van der Waals surface area (Å²) in [6.45, 7) is 1.34. The van der Waals surface area contributed by atoms with E-state index in [1.54, 1.807) is 0 Å². The predicted octanol–water partition coefficient (Wildman–Crippen LogP) is 0.229. The Bertz CT molecular complexity index is 350. The minimum Gasteiger partial charge on any atom is -0.298 e. The van der Waals surface area contributed by atoms with Crippen molar-refractivity contribution in [3.05, 3.63) is 0 Å². The summed E-state index contributed by atoms with van der Waals surface area (Å²) in [6.07, 6.45) is 3.22. The van der Waals surface area contributed by atoms with Crippen molar-refractivity contribution >= 4 is 15.6 Å². The van der Waals surface area contributed by atoms with Gasteiger partial charge >= 0.3 is 0 Å². The van der Waals surface area contributed by atoms with E-state index in [4.69, 9.17) is 0 Å². The molecule has 0 aliphatic carbocycles. The van der Waals surface area contributed by atoms with Gasteiger partial charge < -0.3 is 0 Å². The molecule has 0 bridgehead atoms. The molecule has 2 saturated heterocycles. The van der Waals surface area contributed by atoms with E-state index in [9.17, 15) is 13.2 Å². The molecule has 4 nitrogen and oxygen atoms in total. The molecule has 1 atom stereocenters. The fraction of sp³-hybridized carbons (Fsp3) is 0.900. The van der Waals surface area contributed by atoms with Crippen LogP contribution in [0.3, 0.4) is 0 Å². The van der Waals surface area contributed by atoms with E-state index in [2.05, 4.69) is 4.90 Å². The Labute approximate surface area is 90.6 Å². The average molecular weight is 231 g/mol. The molecule has 2 heterocycles. The zero-order chi connectivity index (χ0) is 10.9. The Morgan fingerprint density at radius 2 is 2.07 bits per heavy atom. The summed E-state index contributed by atoms with van der Waals surface area (Å²) in [7, 11) is -2.85. The van der Waals surface area contributed by atoms with Crippen molar-refractivity contribution in [3.8, 4) is 0 Å². The van der Waals surface area contributed by atoms with Gasteiger partial charge in [0.25, 0.3) is 0 Å². The molecule has 0 saturated carbocycles. The molecule has 15 heavy (non-hydrogen) atoms. The maximum absolute atomic E-state index is 11.5. The largest absolute Gasteiger partial charge is 0.298 e. The van der Waals surface area contributed by atoms with Crippen molar-refractivity contribution < 1.29 is 13.2 Å². The monoisotopic (exact) mass is 231 g/mol. The van der Waals surface area contributed by atoms with Crippen LogP contribution >= 0.6 is 0 Å². The molecule has 0 radical (unpaired) electrons. The number of ketones is 1. The van der Waals surface area contributed by atoms with Crippen LogP contribution in [0.25, 0.3) is 0 Å². The summed E-state index contributed by atoms with van der Waals surface area (Å²) < 4.78 is 22.9. The van der Waals surface area contributed by atoms with Gasteiger partial charge in [-0.25, -0.2) is 8.42 Å². The quantitative estimate of drug-likeness (QED) is 0.648. The standard InChI is InChI=1S/C10H17NO3S/c12-10-4-1-5-11(7-10)9-3-2-6-15(13,14)8-9/h9H,1-8H2. The first-order chi connectivity index (χ1) is 7.07. The number of rotatable bonds is 1. The second-order valence-electron chi connectivity index (χ2n) is 4.52. The summed E-state index contributed by atoms with van der Waals surface area (Å²) >= 11 is 0. The molecule has 2 fully saturated rings. The van der Waals surface area contributed by atoms with E-state index in [-0.39, 0.29) is 17.6 Å². The number of nitrogens with zero attached hydrogens (tertiary/aromatic N) is 1. The Hall–Kier alpha value is -0.420. The topological polar surface area (TPSA) is 54.5 Å². The average Bonchev–Trinajstić information content (AvgIpc) is 2.16. The molecular weight excluding hydrogens is 214 g/mol. The summed E-state index contributed by atoms with van der Waals surface area (Å²) in [6, 6.07) is 0.0907. The van der Waals surface area contributed by atoms with Crippen LogP contribution in [0.4, 0.5) is 0 Å². The second-order valence-corrected chi connectivity index (χ2v) is 6.75. The van der Waals surface area contributed by atoms with Gasteiger partial charge in [-0.1, -0.05) is 0 Å². The highest BCUT2D eigenvalue weighted by atomic mass is 32.2. The summed E-state index contributed by atoms with van der Waals surface area (Å²) in [5.41, 5.74) is 0. The predicted molar refractivity (Wildman–Crippen MR) is 57.5 cm³/mol. The Balaban J connectivity index is 2.00. The minimum atomic E-state index is -2.85. The number of piperidine rings is 1. The maximum Gasteiger partial charge on any atom is 0.151 e. The zero-order valence-electron chi connectivity index (χ0n) is 8.81. The molecule has 2 aliphatic rings. The van der Waals surface area contributed by atoms with Gasteiger partial charge in [0.05, 0.1) is 18.1 Å². The van der Waals surface area contributed by atoms with E-state index >= 15 is 0 Å². The molecular formula is C10H17NO3S. The summed E-state index contributed by atoms with van der Waals surface area (Å²) in [5, 5.41) is 0. The smallest absolute Gasteiger partial charge is 0.151 e. The van der Waals surface area contributed by atoms with Crippen LogP contribution in [0.5, 0.6) is 0 Å². The number of sulfone groups is 1. The molecule has 0 aromatic carbocycles. The van der Waals surface area contributed by atoms with Gasteiger partial charge in [-0.05, 0) is 25.8 Å². The molecule has 2 aliphatic heterocycles. The van der Waals surface area contributed by atoms with Crippen LogP contribution in [-0.4, -0.2) is 49.7 Å². The second kappa shape index (κ2) is 4.22. The highest BCUT2D eigenvalue weighted by Crippen LogP contribution is 2.20. The lowest BCUT2D eigenvalue weighted by molar-refractivity contribution is -0.122. The SMILES string of the molecule is O=C1CCCN(C2CCCS(=O)(=O)C2)C1. The third kappa shape index (κ3) is 2.78. The molecule has 0 aromatic rings. The number of likely N-dealkylation sites (tertiary alicyclic amines) is 1. The van der Waals surface area contributed by atoms with Crippen molar-refractivity contribution in [2.75, 3.05) is 24.6 Å². The lowest BCUT2D eigenvalue weighted by Gasteiger charge is -2.35.